The number of nitrogens with two attached hydrogens (primary N) is 1. The van der Waals surface area contributed by atoms with Crippen LogP contribution < -0.4 is 21.5 Å². The van der Waals surface area contributed by atoms with E-state index in [4.69, 9.17) is 29.6 Å². The van der Waals surface area contributed by atoms with Crippen LogP contribution in [0, 0.1) is 0 Å². The highest BCUT2D eigenvalue weighted by molar-refractivity contribution is 7.80. The molecule has 0 aliphatic carbocycles. The number of hydrogen-bond acceptors (Lipinski definition) is 3. The summed E-state index contributed by atoms with van der Waals surface area (Å²) in [4.78, 5) is 11.2. The molecule has 0 aromatic heterocycles. The van der Waals surface area contributed by atoms with Crippen molar-refractivity contribution in [2.75, 3.05) is 16.1 Å². The quantitative estimate of drug-likeness (QED) is 0.350. The maximum absolute atomic E-state index is 11.2. The molecule has 1 amide bonds. The van der Waals surface area contributed by atoms with Gasteiger partial charge in [-0.2, -0.15) is 0 Å². The molecule has 0 saturated heterocycles. The lowest BCUT2D eigenvalue weighted by molar-refractivity contribution is -0.107. The van der Waals surface area contributed by atoms with Gasteiger partial charge in [0.2, 0.25) is 6.41 Å². The standard InChI is InChI=1S/C14H13ClN4OS/c15-10-5-7-11(8-6-10)17-14(21)18-19(9-20)13-4-2-1-3-12(13)16/h1-9H,16H2,(H2,17,18,21). The molecule has 2 aromatic rings. The van der Waals surface area contributed by atoms with Crippen LogP contribution in [0.2, 0.25) is 5.02 Å². The molecule has 0 aliphatic rings. The Bertz CT molecular complexity index is 648. The number of carbonyl (C=O) groups excluding carboxylic acids is 1. The van der Waals surface area contributed by atoms with Crippen molar-refractivity contribution in [2.45, 2.75) is 0 Å². The molecule has 2 rings (SSSR count). The fourth-order valence-corrected chi connectivity index (χ4v) is 1.99. The Kier molecular flexibility index (Phi) is 4.97. The normalized spacial score (nSPS) is 9.76. The maximum atomic E-state index is 11.2. The van der Waals surface area contributed by atoms with E-state index in [2.05, 4.69) is 10.7 Å². The smallest absolute Gasteiger partial charge is 0.232 e. The summed E-state index contributed by atoms with van der Waals surface area (Å²) in [6.45, 7) is 0. The number of amides is 1. The number of anilines is 3. The summed E-state index contributed by atoms with van der Waals surface area (Å²) in [6.07, 6.45) is 0.599. The molecule has 0 unspecified atom stereocenters. The molecular weight excluding hydrogens is 308 g/mol. The van der Waals surface area contributed by atoms with Gasteiger partial charge in [-0.15, -0.1) is 0 Å². The summed E-state index contributed by atoms with van der Waals surface area (Å²) in [5.41, 5.74) is 10.3. The molecule has 2 aromatic carbocycles. The van der Waals surface area contributed by atoms with E-state index in [1.807, 2.05) is 0 Å². The van der Waals surface area contributed by atoms with Crippen molar-refractivity contribution in [3.8, 4) is 0 Å². The topological polar surface area (TPSA) is 70.4 Å². The molecule has 0 heterocycles. The summed E-state index contributed by atoms with van der Waals surface area (Å²) in [6, 6.07) is 14.0. The average molecular weight is 321 g/mol. The molecule has 5 nitrogen and oxygen atoms in total. The van der Waals surface area contributed by atoms with Crippen molar-refractivity contribution < 1.29 is 4.79 Å². The lowest BCUT2D eigenvalue weighted by Gasteiger charge is -2.21. The third-order valence-corrected chi connectivity index (χ3v) is 3.07. The Morgan fingerprint density at radius 1 is 1.19 bits per heavy atom. The predicted molar refractivity (Wildman–Crippen MR) is 90.2 cm³/mol. The van der Waals surface area contributed by atoms with E-state index in [0.717, 1.165) is 5.69 Å². The van der Waals surface area contributed by atoms with Gasteiger partial charge in [0.15, 0.2) is 5.11 Å². The average Bonchev–Trinajstić information content (AvgIpc) is 2.48. The summed E-state index contributed by atoms with van der Waals surface area (Å²) in [5, 5.41) is 5.04. The summed E-state index contributed by atoms with van der Waals surface area (Å²) < 4.78 is 0. The Labute approximate surface area is 132 Å². The van der Waals surface area contributed by atoms with E-state index >= 15 is 0 Å². The van der Waals surface area contributed by atoms with E-state index in [1.54, 1.807) is 48.5 Å². The van der Waals surface area contributed by atoms with Crippen LogP contribution in [0.3, 0.4) is 0 Å². The van der Waals surface area contributed by atoms with Crippen LogP contribution in [-0.4, -0.2) is 11.5 Å². The van der Waals surface area contributed by atoms with E-state index in [0.29, 0.717) is 22.8 Å². The number of nitrogens with one attached hydrogen (secondary N) is 2. The predicted octanol–water partition coefficient (Wildman–Crippen LogP) is 2.79. The van der Waals surface area contributed by atoms with Gasteiger partial charge in [0.25, 0.3) is 0 Å². The highest BCUT2D eigenvalue weighted by Crippen LogP contribution is 2.20. The van der Waals surface area contributed by atoms with Gasteiger partial charge in [-0.3, -0.25) is 10.2 Å². The van der Waals surface area contributed by atoms with Crippen LogP contribution in [0.1, 0.15) is 0 Å². The first-order valence-corrected chi connectivity index (χ1v) is 6.81. The first-order valence-electron chi connectivity index (χ1n) is 6.02. The number of nitrogen functional groups attached to an aromatic ring is 1. The monoisotopic (exact) mass is 320 g/mol. The number of para-hydroxylation sites is 2. The first kappa shape index (κ1) is 15.1. The second kappa shape index (κ2) is 6.92. The van der Waals surface area contributed by atoms with Crippen LogP contribution in [-0.2, 0) is 4.79 Å². The molecular formula is C14H13ClN4OS. The van der Waals surface area contributed by atoms with Crippen LogP contribution in [0.25, 0.3) is 0 Å². The van der Waals surface area contributed by atoms with Crippen molar-refractivity contribution in [3.05, 3.63) is 53.6 Å². The van der Waals surface area contributed by atoms with Crippen molar-refractivity contribution in [1.82, 2.24) is 5.43 Å². The lowest BCUT2D eigenvalue weighted by atomic mass is 10.3. The number of carbonyl (C=O) groups is 1. The third-order valence-electron chi connectivity index (χ3n) is 2.63. The van der Waals surface area contributed by atoms with Gasteiger partial charge in [-0.25, -0.2) is 5.01 Å². The molecule has 0 fully saturated rings. The lowest BCUT2D eigenvalue weighted by Crippen LogP contribution is -2.44. The number of thiocarbonyl (C=S) groups is 1. The van der Waals surface area contributed by atoms with Crippen molar-refractivity contribution in [1.29, 1.82) is 0 Å². The zero-order valence-electron chi connectivity index (χ0n) is 10.9. The molecule has 0 atom stereocenters. The minimum absolute atomic E-state index is 0.257. The van der Waals surface area contributed by atoms with Gasteiger partial charge >= 0.3 is 0 Å². The minimum atomic E-state index is 0.257. The Balaban J connectivity index is 2.05. The highest BCUT2D eigenvalue weighted by atomic mass is 35.5. The Hall–Kier alpha value is -2.31. The van der Waals surface area contributed by atoms with Crippen LogP contribution in [0.4, 0.5) is 17.1 Å². The molecule has 0 aliphatic heterocycles. The van der Waals surface area contributed by atoms with Gasteiger partial charge in [0.05, 0.1) is 11.4 Å². The number of hydrogen-bond donors (Lipinski definition) is 3. The van der Waals surface area contributed by atoms with Crippen LogP contribution in [0.15, 0.2) is 48.5 Å². The van der Waals surface area contributed by atoms with E-state index in [1.165, 1.54) is 5.01 Å². The molecule has 0 saturated carbocycles. The van der Waals surface area contributed by atoms with E-state index in [9.17, 15) is 4.79 Å². The second-order valence-corrected chi connectivity index (χ2v) is 4.95. The zero-order valence-corrected chi connectivity index (χ0v) is 12.5. The molecule has 0 radical (unpaired) electrons. The number of nitrogens with zero attached hydrogens (tertiary/aromatic N) is 1. The molecule has 0 bridgehead atoms. The number of rotatable bonds is 4. The van der Waals surface area contributed by atoms with Gasteiger partial charge in [0, 0.05) is 10.7 Å². The molecule has 4 N–H and O–H groups in total. The Morgan fingerprint density at radius 2 is 1.86 bits per heavy atom. The van der Waals surface area contributed by atoms with Crippen molar-refractivity contribution in [3.63, 3.8) is 0 Å². The van der Waals surface area contributed by atoms with E-state index < -0.39 is 0 Å². The fraction of sp³-hybridized carbons (Fsp3) is 0. The summed E-state index contributed by atoms with van der Waals surface area (Å²) >= 11 is 11.0. The molecule has 7 heteroatoms. The first-order chi connectivity index (χ1) is 10.1. The van der Waals surface area contributed by atoms with E-state index in [-0.39, 0.29) is 5.11 Å². The number of halogens is 1. The highest BCUT2D eigenvalue weighted by Gasteiger charge is 2.09. The molecule has 21 heavy (non-hydrogen) atoms. The third kappa shape index (κ3) is 4.08. The fourth-order valence-electron chi connectivity index (χ4n) is 1.65. The molecule has 0 spiro atoms. The van der Waals surface area contributed by atoms with Gasteiger partial charge in [-0.1, -0.05) is 23.7 Å². The second-order valence-electron chi connectivity index (χ2n) is 4.11. The minimum Gasteiger partial charge on any atom is -0.397 e. The number of benzene rings is 2. The zero-order chi connectivity index (χ0) is 15.2. The van der Waals surface area contributed by atoms with Gasteiger partial charge in [0.1, 0.15) is 0 Å². The summed E-state index contributed by atoms with van der Waals surface area (Å²) in [7, 11) is 0. The van der Waals surface area contributed by atoms with Crippen LogP contribution in [0.5, 0.6) is 0 Å². The SMILES string of the molecule is Nc1ccccc1N(C=O)NC(=S)Nc1ccc(Cl)cc1. The molecule has 108 valence electrons. The maximum Gasteiger partial charge on any atom is 0.232 e. The summed E-state index contributed by atoms with van der Waals surface area (Å²) in [5.74, 6) is 0. The largest absolute Gasteiger partial charge is 0.397 e. The Morgan fingerprint density at radius 3 is 2.48 bits per heavy atom. The van der Waals surface area contributed by atoms with Crippen LogP contribution >= 0.6 is 23.8 Å². The number of hydrazine groups is 1. The van der Waals surface area contributed by atoms with Gasteiger partial charge in [-0.05, 0) is 48.6 Å². The van der Waals surface area contributed by atoms with Crippen molar-refractivity contribution >= 4 is 52.4 Å². The van der Waals surface area contributed by atoms with Gasteiger partial charge < -0.3 is 11.1 Å². The van der Waals surface area contributed by atoms with Crippen molar-refractivity contribution in [2.24, 2.45) is 0 Å².